The van der Waals surface area contributed by atoms with Crippen LogP contribution in [0, 0.1) is 0 Å². The van der Waals surface area contributed by atoms with Crippen LogP contribution in [0.15, 0.2) is 18.2 Å². The zero-order chi connectivity index (χ0) is 10.9. The molecular weight excluding hydrogens is 192 g/mol. The first-order chi connectivity index (χ1) is 7.14. The quantitative estimate of drug-likeness (QED) is 0.790. The van der Waals surface area contributed by atoms with Gasteiger partial charge in [0.15, 0.2) is 0 Å². The van der Waals surface area contributed by atoms with Gasteiger partial charge in [0.1, 0.15) is 5.75 Å². The Bertz CT molecular complexity index is 356. The van der Waals surface area contributed by atoms with E-state index in [-0.39, 0.29) is 5.75 Å². The Hall–Kier alpha value is -1.06. The second-order valence-corrected chi connectivity index (χ2v) is 4.26. The minimum absolute atomic E-state index is 0.264. The minimum Gasteiger partial charge on any atom is -0.507 e. The van der Waals surface area contributed by atoms with Crippen LogP contribution in [0.3, 0.4) is 0 Å². The molecule has 0 amide bonds. The van der Waals surface area contributed by atoms with Crippen LogP contribution < -0.4 is 0 Å². The van der Waals surface area contributed by atoms with Gasteiger partial charge >= 0.3 is 0 Å². The van der Waals surface area contributed by atoms with Crippen LogP contribution in [0.5, 0.6) is 5.75 Å². The summed E-state index contributed by atoms with van der Waals surface area (Å²) in [6.07, 6.45) is 2.21. The maximum absolute atomic E-state index is 9.92. The standard InChI is InChI=1S/C12H16O3/c1-15-8-10-4-2-3-9(11(10)13)7-12(14)5-6-12/h2-4,13-14H,5-8H2,1H3. The molecule has 1 aliphatic carbocycles. The molecule has 1 saturated carbocycles. The lowest BCUT2D eigenvalue weighted by Gasteiger charge is -2.12. The van der Waals surface area contributed by atoms with Gasteiger partial charge in [0.2, 0.25) is 0 Å². The molecule has 3 heteroatoms. The van der Waals surface area contributed by atoms with Gasteiger partial charge in [-0.25, -0.2) is 0 Å². The van der Waals surface area contributed by atoms with Gasteiger partial charge in [0.05, 0.1) is 12.2 Å². The fraction of sp³-hybridized carbons (Fsp3) is 0.500. The third-order valence-electron chi connectivity index (χ3n) is 2.85. The average molecular weight is 208 g/mol. The SMILES string of the molecule is COCc1cccc(CC2(O)CC2)c1O. The van der Waals surface area contributed by atoms with E-state index < -0.39 is 5.60 Å². The Morgan fingerprint density at radius 2 is 2.00 bits per heavy atom. The second-order valence-electron chi connectivity index (χ2n) is 4.26. The summed E-state index contributed by atoms with van der Waals surface area (Å²) in [4.78, 5) is 0. The molecule has 0 atom stereocenters. The van der Waals surface area contributed by atoms with Crippen molar-refractivity contribution in [2.24, 2.45) is 0 Å². The molecule has 15 heavy (non-hydrogen) atoms. The zero-order valence-corrected chi connectivity index (χ0v) is 8.86. The van der Waals surface area contributed by atoms with Crippen molar-refractivity contribution in [1.29, 1.82) is 0 Å². The lowest BCUT2D eigenvalue weighted by molar-refractivity contribution is 0.149. The minimum atomic E-state index is -0.566. The van der Waals surface area contributed by atoms with Gasteiger partial charge in [-0.15, -0.1) is 0 Å². The normalized spacial score (nSPS) is 17.7. The van der Waals surface area contributed by atoms with Crippen LogP contribution >= 0.6 is 0 Å². The van der Waals surface area contributed by atoms with Gasteiger partial charge in [-0.3, -0.25) is 0 Å². The van der Waals surface area contributed by atoms with Gasteiger partial charge in [0.25, 0.3) is 0 Å². The van der Waals surface area contributed by atoms with E-state index >= 15 is 0 Å². The molecule has 2 rings (SSSR count). The van der Waals surface area contributed by atoms with E-state index in [9.17, 15) is 10.2 Å². The summed E-state index contributed by atoms with van der Waals surface area (Å²) < 4.78 is 4.99. The fourth-order valence-electron chi connectivity index (χ4n) is 1.73. The number of aromatic hydroxyl groups is 1. The largest absolute Gasteiger partial charge is 0.507 e. The molecule has 0 heterocycles. The maximum atomic E-state index is 9.92. The molecule has 3 nitrogen and oxygen atoms in total. The fourth-order valence-corrected chi connectivity index (χ4v) is 1.73. The lowest BCUT2D eigenvalue weighted by Crippen LogP contribution is -2.11. The molecule has 1 aromatic carbocycles. The van der Waals surface area contributed by atoms with E-state index in [0.29, 0.717) is 13.0 Å². The molecule has 2 N–H and O–H groups in total. The topological polar surface area (TPSA) is 49.7 Å². The van der Waals surface area contributed by atoms with Crippen molar-refractivity contribution in [3.05, 3.63) is 29.3 Å². The van der Waals surface area contributed by atoms with E-state index in [0.717, 1.165) is 24.0 Å². The number of methoxy groups -OCH3 is 1. The van der Waals surface area contributed by atoms with Crippen LogP contribution in [0.4, 0.5) is 0 Å². The number of para-hydroxylation sites is 1. The van der Waals surface area contributed by atoms with E-state index in [1.807, 2.05) is 18.2 Å². The third-order valence-corrected chi connectivity index (χ3v) is 2.85. The van der Waals surface area contributed by atoms with Gasteiger partial charge in [-0.05, 0) is 18.4 Å². The number of phenolic OH excluding ortho intramolecular Hbond substituents is 1. The molecule has 1 aromatic rings. The third kappa shape index (κ3) is 2.30. The molecule has 0 saturated heterocycles. The second kappa shape index (κ2) is 3.83. The summed E-state index contributed by atoms with van der Waals surface area (Å²) in [6, 6.07) is 5.57. The van der Waals surface area contributed by atoms with Crippen LogP contribution in [0.25, 0.3) is 0 Å². The maximum Gasteiger partial charge on any atom is 0.124 e. The summed E-state index contributed by atoms with van der Waals surface area (Å²) in [5.74, 6) is 0.264. The van der Waals surface area contributed by atoms with Crippen molar-refractivity contribution in [2.45, 2.75) is 31.5 Å². The number of ether oxygens (including phenoxy) is 1. The molecule has 82 valence electrons. The Labute approximate surface area is 89.3 Å². The first-order valence-electron chi connectivity index (χ1n) is 5.16. The van der Waals surface area contributed by atoms with Crippen molar-refractivity contribution in [3.8, 4) is 5.75 Å². The van der Waals surface area contributed by atoms with Crippen LogP contribution in [-0.4, -0.2) is 22.9 Å². The summed E-state index contributed by atoms with van der Waals surface area (Å²) in [6.45, 7) is 0.401. The van der Waals surface area contributed by atoms with E-state index in [1.165, 1.54) is 0 Å². The molecule has 0 bridgehead atoms. The predicted molar refractivity (Wildman–Crippen MR) is 56.7 cm³/mol. The molecule has 0 aliphatic heterocycles. The molecular formula is C12H16O3. The number of aliphatic hydroxyl groups is 1. The molecule has 1 fully saturated rings. The monoisotopic (exact) mass is 208 g/mol. The number of phenols is 1. The lowest BCUT2D eigenvalue weighted by atomic mass is 10.0. The number of hydrogen-bond donors (Lipinski definition) is 2. The van der Waals surface area contributed by atoms with Crippen molar-refractivity contribution in [1.82, 2.24) is 0 Å². The highest BCUT2D eigenvalue weighted by Gasteiger charge is 2.40. The predicted octanol–water partition coefficient (Wildman–Crippen LogP) is 1.61. The van der Waals surface area contributed by atoms with E-state index in [2.05, 4.69) is 0 Å². The van der Waals surface area contributed by atoms with Gasteiger partial charge in [0, 0.05) is 19.1 Å². The van der Waals surface area contributed by atoms with Crippen molar-refractivity contribution in [2.75, 3.05) is 7.11 Å². The van der Waals surface area contributed by atoms with E-state index in [1.54, 1.807) is 7.11 Å². The first-order valence-corrected chi connectivity index (χ1v) is 5.16. The van der Waals surface area contributed by atoms with Crippen molar-refractivity contribution < 1.29 is 14.9 Å². The number of rotatable bonds is 4. The highest BCUT2D eigenvalue weighted by molar-refractivity contribution is 5.41. The Morgan fingerprint density at radius 3 is 2.60 bits per heavy atom. The average Bonchev–Trinajstić information content (AvgIpc) is 2.91. The molecule has 1 aliphatic rings. The number of hydrogen-bond acceptors (Lipinski definition) is 3. The van der Waals surface area contributed by atoms with Crippen molar-refractivity contribution >= 4 is 0 Å². The van der Waals surface area contributed by atoms with E-state index in [4.69, 9.17) is 4.74 Å². The van der Waals surface area contributed by atoms with Crippen LogP contribution in [0.2, 0.25) is 0 Å². The Kier molecular flexibility index (Phi) is 2.67. The summed E-state index contributed by atoms with van der Waals surface area (Å²) in [5, 5.41) is 19.7. The van der Waals surface area contributed by atoms with Crippen LogP contribution in [0.1, 0.15) is 24.0 Å². The smallest absolute Gasteiger partial charge is 0.124 e. The highest BCUT2D eigenvalue weighted by atomic mass is 16.5. The summed E-state index contributed by atoms with van der Waals surface area (Å²) in [7, 11) is 1.60. The molecule has 0 unspecified atom stereocenters. The molecule has 0 radical (unpaired) electrons. The van der Waals surface area contributed by atoms with Crippen molar-refractivity contribution in [3.63, 3.8) is 0 Å². The Balaban J connectivity index is 2.19. The van der Waals surface area contributed by atoms with Gasteiger partial charge in [-0.1, -0.05) is 18.2 Å². The Morgan fingerprint density at radius 1 is 1.33 bits per heavy atom. The van der Waals surface area contributed by atoms with Crippen LogP contribution in [-0.2, 0) is 17.8 Å². The summed E-state index contributed by atoms with van der Waals surface area (Å²) >= 11 is 0. The number of benzene rings is 1. The van der Waals surface area contributed by atoms with Gasteiger partial charge in [-0.2, -0.15) is 0 Å². The summed E-state index contributed by atoms with van der Waals surface area (Å²) in [5.41, 5.74) is 1.02. The first kappa shape index (κ1) is 10.5. The highest BCUT2D eigenvalue weighted by Crippen LogP contribution is 2.40. The van der Waals surface area contributed by atoms with Gasteiger partial charge < -0.3 is 14.9 Å². The zero-order valence-electron chi connectivity index (χ0n) is 8.86. The molecule has 0 spiro atoms. The molecule has 0 aromatic heterocycles.